The minimum Gasteiger partial charge on any atom is -0.345 e. The number of hydrogen-bond acceptors (Lipinski definition) is 2. The standard InChI is InChI=1S/C16H18Cl2FN3O/c1-9(11-5-14(19)13(18)6-12(11)17)21-15(23)10-7-20-22(8-10)16(2,3)4/h5-9H,1-4H3,(H,21,23). The van der Waals surface area contributed by atoms with Gasteiger partial charge in [-0.25, -0.2) is 4.39 Å². The molecule has 0 fully saturated rings. The summed E-state index contributed by atoms with van der Waals surface area (Å²) in [5.41, 5.74) is 0.676. The molecule has 0 aliphatic heterocycles. The van der Waals surface area contributed by atoms with Crippen molar-refractivity contribution in [2.24, 2.45) is 0 Å². The van der Waals surface area contributed by atoms with Crippen LogP contribution in [0.4, 0.5) is 4.39 Å². The lowest BCUT2D eigenvalue weighted by Crippen LogP contribution is -2.27. The summed E-state index contributed by atoms with van der Waals surface area (Å²) >= 11 is 11.8. The van der Waals surface area contributed by atoms with Crippen molar-refractivity contribution in [3.63, 3.8) is 0 Å². The van der Waals surface area contributed by atoms with E-state index in [0.29, 0.717) is 16.1 Å². The Labute approximate surface area is 144 Å². The van der Waals surface area contributed by atoms with Crippen LogP contribution in [-0.2, 0) is 5.54 Å². The molecule has 0 aliphatic carbocycles. The first kappa shape index (κ1) is 17.8. The van der Waals surface area contributed by atoms with E-state index in [0.717, 1.165) is 0 Å². The van der Waals surface area contributed by atoms with Crippen LogP contribution in [-0.4, -0.2) is 15.7 Å². The zero-order valence-corrected chi connectivity index (χ0v) is 14.8. The molecule has 124 valence electrons. The summed E-state index contributed by atoms with van der Waals surface area (Å²) in [5, 5.41) is 7.21. The summed E-state index contributed by atoms with van der Waals surface area (Å²) < 4.78 is 15.3. The molecular formula is C16H18Cl2FN3O. The summed E-state index contributed by atoms with van der Waals surface area (Å²) in [4.78, 5) is 12.3. The van der Waals surface area contributed by atoms with Crippen molar-refractivity contribution in [1.82, 2.24) is 15.1 Å². The van der Waals surface area contributed by atoms with E-state index in [1.807, 2.05) is 20.8 Å². The third kappa shape index (κ3) is 4.03. The summed E-state index contributed by atoms with van der Waals surface area (Å²) in [7, 11) is 0. The monoisotopic (exact) mass is 357 g/mol. The van der Waals surface area contributed by atoms with Gasteiger partial charge >= 0.3 is 0 Å². The van der Waals surface area contributed by atoms with Gasteiger partial charge in [-0.1, -0.05) is 23.2 Å². The van der Waals surface area contributed by atoms with Gasteiger partial charge in [0, 0.05) is 11.2 Å². The van der Waals surface area contributed by atoms with E-state index in [1.165, 1.54) is 18.3 Å². The highest BCUT2D eigenvalue weighted by atomic mass is 35.5. The van der Waals surface area contributed by atoms with E-state index in [2.05, 4.69) is 10.4 Å². The maximum absolute atomic E-state index is 13.6. The van der Waals surface area contributed by atoms with Crippen LogP contribution in [0.3, 0.4) is 0 Å². The first-order valence-corrected chi connectivity index (χ1v) is 7.85. The van der Waals surface area contributed by atoms with E-state index >= 15 is 0 Å². The number of nitrogens with one attached hydrogen (secondary N) is 1. The molecule has 1 N–H and O–H groups in total. The number of hydrogen-bond donors (Lipinski definition) is 1. The molecule has 1 aromatic heterocycles. The van der Waals surface area contributed by atoms with Crippen LogP contribution in [0.2, 0.25) is 10.0 Å². The summed E-state index contributed by atoms with van der Waals surface area (Å²) in [6, 6.07) is 2.09. The van der Waals surface area contributed by atoms with Gasteiger partial charge in [0.05, 0.1) is 28.4 Å². The van der Waals surface area contributed by atoms with Gasteiger partial charge in [0.1, 0.15) is 5.82 Å². The minimum absolute atomic E-state index is 0.0521. The van der Waals surface area contributed by atoms with E-state index in [4.69, 9.17) is 23.2 Å². The summed E-state index contributed by atoms with van der Waals surface area (Å²) in [6.07, 6.45) is 3.17. The molecule has 1 atom stereocenters. The number of amides is 1. The largest absolute Gasteiger partial charge is 0.345 e. The first-order chi connectivity index (χ1) is 10.6. The van der Waals surface area contributed by atoms with Crippen LogP contribution >= 0.6 is 23.2 Å². The molecule has 0 saturated heterocycles. The third-order valence-corrected chi connectivity index (χ3v) is 4.00. The lowest BCUT2D eigenvalue weighted by Gasteiger charge is -2.19. The minimum atomic E-state index is -0.576. The summed E-state index contributed by atoms with van der Waals surface area (Å²) in [6.45, 7) is 7.68. The molecule has 1 heterocycles. The van der Waals surface area contributed by atoms with E-state index < -0.39 is 11.9 Å². The predicted octanol–water partition coefficient (Wildman–Crippen LogP) is 4.58. The highest BCUT2D eigenvalue weighted by Crippen LogP contribution is 2.28. The normalized spacial score (nSPS) is 13.0. The Hall–Kier alpha value is -1.59. The van der Waals surface area contributed by atoms with Gasteiger partial charge in [0.25, 0.3) is 5.91 Å². The molecule has 0 aliphatic rings. The molecule has 1 unspecified atom stereocenters. The maximum Gasteiger partial charge on any atom is 0.254 e. The fourth-order valence-electron chi connectivity index (χ4n) is 2.03. The highest BCUT2D eigenvalue weighted by Gasteiger charge is 2.19. The van der Waals surface area contributed by atoms with E-state index in [-0.39, 0.29) is 16.5 Å². The zero-order valence-electron chi connectivity index (χ0n) is 13.3. The summed E-state index contributed by atoms with van der Waals surface area (Å²) in [5.74, 6) is -0.882. The van der Waals surface area contributed by atoms with E-state index in [1.54, 1.807) is 17.8 Å². The second-order valence-electron chi connectivity index (χ2n) is 6.33. The Balaban J connectivity index is 2.17. The highest BCUT2D eigenvalue weighted by molar-refractivity contribution is 6.35. The predicted molar refractivity (Wildman–Crippen MR) is 89.5 cm³/mol. The molecule has 1 aromatic carbocycles. The van der Waals surface area contributed by atoms with Crippen molar-refractivity contribution in [3.05, 3.63) is 51.5 Å². The van der Waals surface area contributed by atoms with Crippen LogP contribution in [0.1, 0.15) is 49.7 Å². The van der Waals surface area contributed by atoms with Crippen LogP contribution in [0.5, 0.6) is 0 Å². The van der Waals surface area contributed by atoms with Gasteiger partial charge in [-0.2, -0.15) is 5.10 Å². The van der Waals surface area contributed by atoms with Crippen LogP contribution in [0.25, 0.3) is 0 Å². The van der Waals surface area contributed by atoms with Crippen molar-refractivity contribution in [2.45, 2.75) is 39.3 Å². The van der Waals surface area contributed by atoms with Gasteiger partial charge in [-0.15, -0.1) is 0 Å². The van der Waals surface area contributed by atoms with Crippen LogP contribution < -0.4 is 5.32 Å². The van der Waals surface area contributed by atoms with Gasteiger partial charge in [-0.05, 0) is 45.4 Å². The third-order valence-electron chi connectivity index (χ3n) is 3.39. The van der Waals surface area contributed by atoms with E-state index in [9.17, 15) is 9.18 Å². The van der Waals surface area contributed by atoms with Gasteiger partial charge in [-0.3, -0.25) is 9.48 Å². The number of aromatic nitrogens is 2. The Morgan fingerprint density at radius 2 is 1.96 bits per heavy atom. The lowest BCUT2D eigenvalue weighted by molar-refractivity contribution is 0.0939. The first-order valence-electron chi connectivity index (χ1n) is 7.10. The number of rotatable bonds is 3. The fourth-order valence-corrected chi connectivity index (χ4v) is 2.58. The molecule has 2 rings (SSSR count). The average molecular weight is 358 g/mol. The van der Waals surface area contributed by atoms with Crippen LogP contribution in [0.15, 0.2) is 24.5 Å². The van der Waals surface area contributed by atoms with Crippen molar-refractivity contribution < 1.29 is 9.18 Å². The molecule has 2 aromatic rings. The molecule has 4 nitrogen and oxygen atoms in total. The van der Waals surface area contributed by atoms with Gasteiger partial charge < -0.3 is 5.32 Å². The topological polar surface area (TPSA) is 46.9 Å². The van der Waals surface area contributed by atoms with Crippen molar-refractivity contribution in [3.8, 4) is 0 Å². The number of carbonyl (C=O) groups excluding carboxylic acids is 1. The zero-order chi connectivity index (χ0) is 17.4. The van der Waals surface area contributed by atoms with Gasteiger partial charge in [0.2, 0.25) is 0 Å². The Morgan fingerprint density at radius 3 is 2.52 bits per heavy atom. The number of carbonyl (C=O) groups is 1. The Kier molecular flexibility index (Phi) is 5.01. The number of halogens is 3. The van der Waals surface area contributed by atoms with Crippen LogP contribution in [0, 0.1) is 5.82 Å². The number of benzene rings is 1. The second-order valence-corrected chi connectivity index (χ2v) is 7.14. The van der Waals surface area contributed by atoms with Crippen molar-refractivity contribution in [1.29, 1.82) is 0 Å². The molecule has 0 saturated carbocycles. The smallest absolute Gasteiger partial charge is 0.254 e. The molecule has 0 spiro atoms. The molecule has 0 radical (unpaired) electrons. The molecule has 1 amide bonds. The number of nitrogens with zero attached hydrogens (tertiary/aromatic N) is 2. The fraction of sp³-hybridized carbons (Fsp3) is 0.375. The lowest BCUT2D eigenvalue weighted by atomic mass is 10.1. The Bertz CT molecular complexity index is 737. The molecule has 23 heavy (non-hydrogen) atoms. The SMILES string of the molecule is CC(NC(=O)c1cnn(C(C)(C)C)c1)c1cc(F)c(Cl)cc1Cl. The maximum atomic E-state index is 13.6. The van der Waals surface area contributed by atoms with Crippen molar-refractivity contribution in [2.75, 3.05) is 0 Å². The molecule has 0 bridgehead atoms. The van der Waals surface area contributed by atoms with Gasteiger partial charge in [0.15, 0.2) is 0 Å². The second kappa shape index (κ2) is 6.49. The van der Waals surface area contributed by atoms with Crippen molar-refractivity contribution >= 4 is 29.1 Å². The quantitative estimate of drug-likeness (QED) is 0.817. The molecular weight excluding hydrogens is 340 g/mol. The average Bonchev–Trinajstić information content (AvgIpc) is 2.92. The molecule has 7 heteroatoms. The Morgan fingerprint density at radius 1 is 1.30 bits per heavy atom.